The number of sulfonamides is 1. The van der Waals surface area contributed by atoms with Crippen LogP contribution in [0.5, 0.6) is 0 Å². The van der Waals surface area contributed by atoms with Gasteiger partial charge in [-0.25, -0.2) is 8.42 Å². The highest BCUT2D eigenvalue weighted by Crippen LogP contribution is 2.43. The van der Waals surface area contributed by atoms with Gasteiger partial charge in [0, 0.05) is 5.69 Å². The Balaban J connectivity index is 1.78. The van der Waals surface area contributed by atoms with Crippen molar-refractivity contribution in [3.05, 3.63) is 67.7 Å². The lowest BCUT2D eigenvalue weighted by Gasteiger charge is -2.10. The number of fused-ring (bicyclic) bond motifs is 2. The SMILES string of the molecule is O=S(=O)(Nc1ccc2cc3ccccc3cc2c1)c1c(Cl)sc(Cl)c1Br. The van der Waals surface area contributed by atoms with Crippen LogP contribution in [0.4, 0.5) is 5.69 Å². The van der Waals surface area contributed by atoms with Gasteiger partial charge in [0.25, 0.3) is 10.0 Å². The molecule has 1 aromatic heterocycles. The average molecular weight is 487 g/mol. The van der Waals surface area contributed by atoms with Crippen LogP contribution in [0.25, 0.3) is 21.5 Å². The Morgan fingerprint density at radius 1 is 0.846 bits per heavy atom. The van der Waals surface area contributed by atoms with Crippen LogP contribution in [-0.4, -0.2) is 8.42 Å². The molecular formula is C18H10BrCl2NO2S2. The van der Waals surface area contributed by atoms with Crippen molar-refractivity contribution >= 4 is 87.7 Å². The van der Waals surface area contributed by atoms with Gasteiger partial charge in [-0.1, -0.05) is 53.5 Å². The van der Waals surface area contributed by atoms with E-state index in [1.165, 1.54) is 0 Å². The Labute approximate surface area is 172 Å². The highest BCUT2D eigenvalue weighted by atomic mass is 79.9. The molecule has 26 heavy (non-hydrogen) atoms. The quantitative estimate of drug-likeness (QED) is 0.319. The summed E-state index contributed by atoms with van der Waals surface area (Å²) in [4.78, 5) is -0.0484. The number of anilines is 1. The van der Waals surface area contributed by atoms with E-state index in [2.05, 4.69) is 26.7 Å². The minimum atomic E-state index is -3.87. The van der Waals surface area contributed by atoms with Crippen molar-refractivity contribution in [2.75, 3.05) is 4.72 Å². The number of benzene rings is 3. The van der Waals surface area contributed by atoms with Gasteiger partial charge < -0.3 is 0 Å². The minimum absolute atomic E-state index is 0.0484. The molecule has 0 saturated carbocycles. The van der Waals surface area contributed by atoms with E-state index in [4.69, 9.17) is 23.2 Å². The van der Waals surface area contributed by atoms with E-state index in [9.17, 15) is 8.42 Å². The van der Waals surface area contributed by atoms with Crippen LogP contribution in [0.2, 0.25) is 8.67 Å². The van der Waals surface area contributed by atoms with Crippen molar-refractivity contribution < 1.29 is 8.42 Å². The van der Waals surface area contributed by atoms with Gasteiger partial charge in [0.15, 0.2) is 0 Å². The van der Waals surface area contributed by atoms with Gasteiger partial charge in [-0.05, 0) is 61.7 Å². The van der Waals surface area contributed by atoms with Crippen LogP contribution in [-0.2, 0) is 10.0 Å². The molecule has 0 fully saturated rings. The summed E-state index contributed by atoms with van der Waals surface area (Å²) < 4.78 is 28.7. The topological polar surface area (TPSA) is 46.2 Å². The predicted molar refractivity (Wildman–Crippen MR) is 114 cm³/mol. The molecule has 4 rings (SSSR count). The number of halogens is 3. The Morgan fingerprint density at radius 2 is 1.46 bits per heavy atom. The third kappa shape index (κ3) is 3.21. The van der Waals surface area contributed by atoms with Crippen LogP contribution >= 0.6 is 50.5 Å². The summed E-state index contributed by atoms with van der Waals surface area (Å²) >= 11 is 16.2. The molecular weight excluding hydrogens is 477 g/mol. The summed E-state index contributed by atoms with van der Waals surface area (Å²) in [7, 11) is -3.87. The van der Waals surface area contributed by atoms with Crippen LogP contribution in [0, 0.1) is 0 Å². The van der Waals surface area contributed by atoms with Crippen molar-refractivity contribution in [2.24, 2.45) is 0 Å². The van der Waals surface area contributed by atoms with Crippen molar-refractivity contribution in [1.29, 1.82) is 0 Å². The first-order chi connectivity index (χ1) is 12.3. The Bertz CT molecular complexity index is 1270. The second-order valence-electron chi connectivity index (χ2n) is 5.66. The average Bonchev–Trinajstić information content (AvgIpc) is 2.85. The first-order valence-electron chi connectivity index (χ1n) is 7.44. The molecule has 8 heteroatoms. The van der Waals surface area contributed by atoms with Crippen LogP contribution in [0.15, 0.2) is 64.0 Å². The molecule has 0 spiro atoms. The van der Waals surface area contributed by atoms with E-state index in [-0.39, 0.29) is 13.7 Å². The van der Waals surface area contributed by atoms with Crippen molar-refractivity contribution in [3.63, 3.8) is 0 Å². The summed E-state index contributed by atoms with van der Waals surface area (Å²) in [5.74, 6) is 0. The first kappa shape index (κ1) is 18.1. The van der Waals surface area contributed by atoms with Gasteiger partial charge in [-0.15, -0.1) is 11.3 Å². The summed E-state index contributed by atoms with van der Waals surface area (Å²) in [5.41, 5.74) is 0.457. The molecule has 0 unspecified atom stereocenters. The summed E-state index contributed by atoms with van der Waals surface area (Å²) in [6.45, 7) is 0. The van der Waals surface area contributed by atoms with E-state index >= 15 is 0 Å². The molecule has 0 aliphatic carbocycles. The van der Waals surface area contributed by atoms with E-state index < -0.39 is 10.0 Å². The molecule has 3 aromatic carbocycles. The smallest absolute Gasteiger partial charge is 0.265 e. The number of hydrogen-bond donors (Lipinski definition) is 1. The molecule has 4 aromatic rings. The van der Waals surface area contributed by atoms with Gasteiger partial charge in [0.05, 0.1) is 4.47 Å². The summed E-state index contributed by atoms with van der Waals surface area (Å²) in [6, 6.07) is 17.6. The monoisotopic (exact) mass is 485 g/mol. The van der Waals surface area contributed by atoms with Gasteiger partial charge in [-0.2, -0.15) is 0 Å². The fraction of sp³-hybridized carbons (Fsp3) is 0. The van der Waals surface area contributed by atoms with Crippen LogP contribution < -0.4 is 4.72 Å². The third-order valence-corrected chi connectivity index (χ3v) is 8.80. The summed E-state index contributed by atoms with van der Waals surface area (Å²) in [5, 5.41) is 4.20. The largest absolute Gasteiger partial charge is 0.280 e. The van der Waals surface area contributed by atoms with E-state index in [1.807, 2.05) is 36.4 Å². The lowest BCUT2D eigenvalue weighted by Crippen LogP contribution is -2.13. The molecule has 3 nitrogen and oxygen atoms in total. The summed E-state index contributed by atoms with van der Waals surface area (Å²) in [6.07, 6.45) is 0. The number of nitrogens with one attached hydrogen (secondary N) is 1. The fourth-order valence-corrected chi connectivity index (χ4v) is 7.39. The van der Waals surface area contributed by atoms with E-state index in [0.29, 0.717) is 10.0 Å². The second kappa shape index (κ2) is 6.69. The zero-order chi connectivity index (χ0) is 18.5. The Morgan fingerprint density at radius 3 is 2.08 bits per heavy atom. The molecule has 0 atom stereocenters. The number of thiophene rings is 1. The molecule has 1 N–H and O–H groups in total. The number of rotatable bonds is 3. The van der Waals surface area contributed by atoms with Gasteiger partial charge in [0.1, 0.15) is 13.6 Å². The Hall–Kier alpha value is -1.31. The highest BCUT2D eigenvalue weighted by molar-refractivity contribution is 9.10. The van der Waals surface area contributed by atoms with E-state index in [0.717, 1.165) is 32.9 Å². The maximum absolute atomic E-state index is 12.7. The van der Waals surface area contributed by atoms with Crippen molar-refractivity contribution in [1.82, 2.24) is 0 Å². The zero-order valence-corrected chi connectivity index (χ0v) is 17.7. The minimum Gasteiger partial charge on any atom is -0.280 e. The van der Waals surface area contributed by atoms with Crippen LogP contribution in [0.3, 0.4) is 0 Å². The van der Waals surface area contributed by atoms with Crippen molar-refractivity contribution in [3.8, 4) is 0 Å². The molecule has 0 amide bonds. The van der Waals surface area contributed by atoms with Gasteiger partial charge in [0.2, 0.25) is 0 Å². The molecule has 0 radical (unpaired) electrons. The van der Waals surface area contributed by atoms with Gasteiger partial charge in [-0.3, -0.25) is 4.72 Å². The molecule has 0 aliphatic rings. The molecule has 0 aliphatic heterocycles. The zero-order valence-electron chi connectivity index (χ0n) is 13.0. The highest BCUT2D eigenvalue weighted by Gasteiger charge is 2.26. The second-order valence-corrected chi connectivity index (χ2v) is 10.3. The lowest BCUT2D eigenvalue weighted by atomic mass is 10.0. The maximum Gasteiger partial charge on any atom is 0.265 e. The Kier molecular flexibility index (Phi) is 4.65. The van der Waals surface area contributed by atoms with Crippen molar-refractivity contribution in [2.45, 2.75) is 4.90 Å². The number of hydrogen-bond acceptors (Lipinski definition) is 3. The molecule has 1 heterocycles. The molecule has 0 saturated heterocycles. The standard InChI is InChI=1S/C18H10BrCl2NO2S2/c19-15-16(18(21)25-17(15)20)26(23,24)22-14-6-5-12-7-10-3-1-2-4-11(10)8-13(12)9-14/h1-9,22H. The molecule has 0 bridgehead atoms. The predicted octanol–water partition coefficient (Wildman–Crippen LogP) is 6.92. The van der Waals surface area contributed by atoms with Gasteiger partial charge >= 0.3 is 0 Å². The van der Waals surface area contributed by atoms with E-state index in [1.54, 1.807) is 12.1 Å². The maximum atomic E-state index is 12.7. The van der Waals surface area contributed by atoms with Crippen LogP contribution in [0.1, 0.15) is 0 Å². The third-order valence-electron chi connectivity index (χ3n) is 3.96. The lowest BCUT2D eigenvalue weighted by molar-refractivity contribution is 0.601. The first-order valence-corrected chi connectivity index (χ1v) is 11.3. The fourth-order valence-electron chi connectivity index (χ4n) is 2.78. The normalized spacial score (nSPS) is 12.0. The molecule has 132 valence electrons.